The second-order valence-electron chi connectivity index (χ2n) is 15.7. The first-order chi connectivity index (χ1) is 27.4. The van der Waals surface area contributed by atoms with Crippen molar-refractivity contribution in [2.45, 2.75) is 32.6 Å². The summed E-state index contributed by atoms with van der Waals surface area (Å²) in [7, 11) is 0. The Morgan fingerprint density at radius 3 is 2.11 bits per heavy atom. The highest BCUT2D eigenvalue weighted by atomic mass is 16.3. The van der Waals surface area contributed by atoms with E-state index >= 15 is 0 Å². The molecule has 8 aromatic carbocycles. The van der Waals surface area contributed by atoms with Crippen LogP contribution in [0.3, 0.4) is 0 Å². The lowest BCUT2D eigenvalue weighted by Crippen LogP contribution is -2.15. The summed E-state index contributed by atoms with van der Waals surface area (Å²) in [5, 5.41) is 14.7. The van der Waals surface area contributed by atoms with Crippen molar-refractivity contribution in [3.05, 3.63) is 203 Å². The van der Waals surface area contributed by atoms with Gasteiger partial charge in [-0.2, -0.15) is 5.26 Å². The molecule has 1 aromatic heterocycles. The van der Waals surface area contributed by atoms with Gasteiger partial charge in [0.1, 0.15) is 11.2 Å². The number of para-hydroxylation sites is 1. The maximum absolute atomic E-state index is 10.0. The van der Waals surface area contributed by atoms with Gasteiger partial charge in [0.15, 0.2) is 0 Å². The minimum atomic E-state index is -0.265. The minimum absolute atomic E-state index is 0.265. The van der Waals surface area contributed by atoms with Crippen LogP contribution in [0.4, 0.5) is 0 Å². The minimum Gasteiger partial charge on any atom is -0.456 e. The van der Waals surface area contributed by atoms with Crippen molar-refractivity contribution in [2.75, 3.05) is 0 Å². The van der Waals surface area contributed by atoms with Gasteiger partial charge in [-0.15, -0.1) is 0 Å². The van der Waals surface area contributed by atoms with Crippen LogP contribution in [0.25, 0.3) is 77.7 Å². The molecule has 0 saturated carbocycles. The van der Waals surface area contributed by atoms with Crippen LogP contribution in [-0.4, -0.2) is 0 Å². The summed E-state index contributed by atoms with van der Waals surface area (Å²) >= 11 is 0. The summed E-state index contributed by atoms with van der Waals surface area (Å²) < 4.78 is 6.21. The highest BCUT2D eigenvalue weighted by Crippen LogP contribution is 2.54. The van der Waals surface area contributed by atoms with Crippen molar-refractivity contribution in [2.24, 2.45) is 0 Å². The molecule has 2 nitrogen and oxygen atoms in total. The van der Waals surface area contributed by atoms with Crippen LogP contribution in [0, 0.1) is 18.3 Å². The normalized spacial score (nSPS) is 13.2. The fourth-order valence-electron chi connectivity index (χ4n) is 8.91. The summed E-state index contributed by atoms with van der Waals surface area (Å²) in [5.74, 6) is 0. The van der Waals surface area contributed by atoms with Crippen LogP contribution >= 0.6 is 0 Å². The number of nitrogens with zero attached hydrogens (tertiary/aromatic N) is 1. The number of aryl methyl sites for hydroxylation is 1. The summed E-state index contributed by atoms with van der Waals surface area (Å²) in [6.45, 7) is 6.86. The van der Waals surface area contributed by atoms with E-state index in [1.54, 1.807) is 0 Å². The van der Waals surface area contributed by atoms with Crippen LogP contribution in [0.1, 0.15) is 52.8 Å². The maximum Gasteiger partial charge on any atom is 0.135 e. The third kappa shape index (κ3) is 5.55. The lowest BCUT2D eigenvalue weighted by molar-refractivity contribution is 0.661. The van der Waals surface area contributed by atoms with E-state index in [1.165, 1.54) is 60.9 Å². The predicted molar refractivity (Wildman–Crippen MR) is 234 cm³/mol. The number of nitriles is 1. The Morgan fingerprint density at radius 1 is 0.589 bits per heavy atom. The molecule has 0 amide bonds. The first-order valence-electron chi connectivity index (χ1n) is 19.3. The molecule has 1 aliphatic rings. The molecule has 10 rings (SSSR count). The van der Waals surface area contributed by atoms with Gasteiger partial charge in [0.05, 0.1) is 11.6 Å². The van der Waals surface area contributed by atoms with Gasteiger partial charge in [0.25, 0.3) is 0 Å². The van der Waals surface area contributed by atoms with Crippen LogP contribution in [0.5, 0.6) is 0 Å². The van der Waals surface area contributed by atoms with E-state index in [4.69, 9.17) is 4.42 Å². The van der Waals surface area contributed by atoms with Gasteiger partial charge in [0, 0.05) is 16.2 Å². The molecule has 1 heterocycles. The van der Waals surface area contributed by atoms with Crippen molar-refractivity contribution < 1.29 is 4.42 Å². The monoisotopic (exact) mass is 717 g/mol. The molecule has 56 heavy (non-hydrogen) atoms. The number of furan rings is 1. The molecule has 0 N–H and O–H groups in total. The molecule has 0 atom stereocenters. The molecular formula is C54H39NO. The second-order valence-corrected chi connectivity index (χ2v) is 15.7. The van der Waals surface area contributed by atoms with E-state index in [0.717, 1.165) is 50.6 Å². The average molecular weight is 718 g/mol. The summed E-state index contributed by atoms with van der Waals surface area (Å²) in [5.41, 5.74) is 18.1. The zero-order valence-electron chi connectivity index (χ0n) is 31.7. The van der Waals surface area contributed by atoms with Gasteiger partial charge in [0.2, 0.25) is 0 Å². The van der Waals surface area contributed by atoms with Gasteiger partial charge >= 0.3 is 0 Å². The molecule has 0 radical (unpaired) electrons. The third-order valence-electron chi connectivity index (χ3n) is 11.8. The molecule has 0 unspecified atom stereocenters. The van der Waals surface area contributed by atoms with E-state index in [9.17, 15) is 5.26 Å². The van der Waals surface area contributed by atoms with Gasteiger partial charge < -0.3 is 4.42 Å². The molecule has 0 bridgehead atoms. The Bertz CT molecular complexity index is 3080. The first kappa shape index (κ1) is 33.6. The zero-order valence-corrected chi connectivity index (χ0v) is 31.7. The lowest BCUT2D eigenvalue weighted by atomic mass is 9.79. The van der Waals surface area contributed by atoms with E-state index < -0.39 is 0 Å². The summed E-state index contributed by atoms with van der Waals surface area (Å²) in [4.78, 5) is 0. The van der Waals surface area contributed by atoms with Crippen molar-refractivity contribution >= 4 is 44.4 Å². The molecule has 0 fully saturated rings. The van der Waals surface area contributed by atoms with E-state index in [2.05, 4.69) is 172 Å². The van der Waals surface area contributed by atoms with Crippen molar-refractivity contribution in [1.82, 2.24) is 0 Å². The van der Waals surface area contributed by atoms with Crippen LogP contribution in [-0.2, 0) is 11.8 Å². The summed E-state index contributed by atoms with van der Waals surface area (Å²) in [6, 6.07) is 61.0. The first-order valence-corrected chi connectivity index (χ1v) is 19.3. The second kappa shape index (κ2) is 13.1. The fourth-order valence-corrected chi connectivity index (χ4v) is 8.91. The van der Waals surface area contributed by atoms with Gasteiger partial charge in [-0.25, -0.2) is 0 Å². The zero-order chi connectivity index (χ0) is 38.0. The molecule has 2 heteroatoms. The molecule has 266 valence electrons. The van der Waals surface area contributed by atoms with Gasteiger partial charge in [-0.1, -0.05) is 153 Å². The van der Waals surface area contributed by atoms with E-state index in [1.807, 2.05) is 24.3 Å². The molecule has 0 aliphatic heterocycles. The molecular weight excluding hydrogens is 679 g/mol. The van der Waals surface area contributed by atoms with Crippen LogP contribution in [0.2, 0.25) is 0 Å². The van der Waals surface area contributed by atoms with E-state index in [-0.39, 0.29) is 5.41 Å². The quantitative estimate of drug-likeness (QED) is 0.161. The number of rotatable bonds is 6. The number of hydrogen-bond acceptors (Lipinski definition) is 2. The predicted octanol–water partition coefficient (Wildman–Crippen LogP) is 14.3. The molecule has 0 saturated heterocycles. The van der Waals surface area contributed by atoms with Gasteiger partial charge in [-0.3, -0.25) is 0 Å². The molecule has 1 aliphatic carbocycles. The van der Waals surface area contributed by atoms with Crippen molar-refractivity contribution in [3.63, 3.8) is 0 Å². The SMILES string of the molecule is Cc1ccc(C/C(=C/c2ccc3c(c2)C(C)(C)c2cc(-c4cc(C#N)ccc4-c4ccccc4)c4ccccc4c2-3)c2ccc3oc4ccccc4c3c2)cc1. The van der Waals surface area contributed by atoms with Crippen LogP contribution in [0.15, 0.2) is 168 Å². The Hall–Kier alpha value is -6.95. The largest absolute Gasteiger partial charge is 0.456 e. The van der Waals surface area contributed by atoms with Crippen molar-refractivity contribution in [3.8, 4) is 39.4 Å². The lowest BCUT2D eigenvalue weighted by Gasteiger charge is -2.24. The van der Waals surface area contributed by atoms with E-state index in [0.29, 0.717) is 5.56 Å². The Kier molecular flexibility index (Phi) is 7.87. The number of benzene rings is 8. The Morgan fingerprint density at radius 2 is 1.30 bits per heavy atom. The summed E-state index contributed by atoms with van der Waals surface area (Å²) in [6.07, 6.45) is 3.19. The standard InChI is InChI=1S/C54H39NO/c1-34-17-19-35(20-18-34)27-40(39-23-26-52-48(31-39)43-14-9-10-16-51(43)56-52)28-36-21-25-45-49(30-36)54(2,3)50-32-47(42-13-7-8-15-44(42)53(45)50)46-29-37(33-55)22-24-41(46)38-11-5-4-6-12-38/h4-26,28-32H,27H2,1-3H3/b40-28-. The Balaban J connectivity index is 1.13. The Labute approximate surface area is 327 Å². The smallest absolute Gasteiger partial charge is 0.135 e. The van der Waals surface area contributed by atoms with Gasteiger partial charge in [-0.05, 0) is 127 Å². The highest BCUT2D eigenvalue weighted by molar-refractivity contribution is 6.11. The highest BCUT2D eigenvalue weighted by Gasteiger charge is 2.37. The topological polar surface area (TPSA) is 36.9 Å². The number of allylic oxidation sites excluding steroid dienone is 1. The number of fused-ring (bicyclic) bond motifs is 8. The average Bonchev–Trinajstić information content (AvgIpc) is 3.72. The molecule has 9 aromatic rings. The van der Waals surface area contributed by atoms with Crippen molar-refractivity contribution in [1.29, 1.82) is 5.26 Å². The molecule has 0 spiro atoms. The third-order valence-corrected chi connectivity index (χ3v) is 11.8. The number of hydrogen-bond donors (Lipinski definition) is 0. The maximum atomic E-state index is 10.0. The fraction of sp³-hybridized carbons (Fsp3) is 0.0926. The van der Waals surface area contributed by atoms with Crippen LogP contribution < -0.4 is 0 Å².